The predicted molar refractivity (Wildman–Crippen MR) is 99.2 cm³/mol. The smallest absolute Gasteiger partial charge is 0.192 e. The molecule has 0 spiro atoms. The monoisotopic (exact) mass is 364 g/mol. The van der Waals surface area contributed by atoms with E-state index in [1.165, 1.54) is 12.1 Å². The first-order valence-electron chi connectivity index (χ1n) is 8.80. The summed E-state index contributed by atoms with van der Waals surface area (Å²) in [5.74, 6) is -0.492. The van der Waals surface area contributed by atoms with Gasteiger partial charge in [0.15, 0.2) is 8.32 Å². The molecule has 0 aromatic heterocycles. The van der Waals surface area contributed by atoms with Gasteiger partial charge in [-0.25, -0.2) is 4.39 Å². The summed E-state index contributed by atoms with van der Waals surface area (Å²) in [6.07, 6.45) is 0.330. The Kier molecular flexibility index (Phi) is 6.05. The summed E-state index contributed by atoms with van der Waals surface area (Å²) in [5, 5.41) is 19.5. The Morgan fingerprint density at radius 3 is 2.68 bits per heavy atom. The number of rotatable bonds is 5. The molecule has 0 aliphatic carbocycles. The lowest BCUT2D eigenvalue weighted by Crippen LogP contribution is -2.44. The van der Waals surface area contributed by atoms with E-state index in [1.54, 1.807) is 6.07 Å². The number of aliphatic hydroxyl groups is 1. The van der Waals surface area contributed by atoms with Gasteiger partial charge in [-0.2, -0.15) is 5.26 Å². The SMILES string of the molecule is CC(C)(C)[Si](C)(C)OC1CCN(C[C@@H](O)c2cc(F)cc(C#N)c2)C1. The fraction of sp³-hybridized carbons (Fsp3) is 0.632. The van der Waals surface area contributed by atoms with Gasteiger partial charge in [-0.1, -0.05) is 20.8 Å². The van der Waals surface area contributed by atoms with Crippen LogP contribution in [0.4, 0.5) is 4.39 Å². The van der Waals surface area contributed by atoms with Crippen molar-refractivity contribution < 1.29 is 13.9 Å². The van der Waals surface area contributed by atoms with Gasteiger partial charge in [0, 0.05) is 19.6 Å². The van der Waals surface area contributed by atoms with E-state index >= 15 is 0 Å². The summed E-state index contributed by atoms with van der Waals surface area (Å²) in [6.45, 7) is 13.2. The molecule has 1 N–H and O–H groups in total. The summed E-state index contributed by atoms with van der Waals surface area (Å²) >= 11 is 0. The molecule has 0 amide bonds. The van der Waals surface area contributed by atoms with Gasteiger partial charge in [0.05, 0.1) is 23.8 Å². The highest BCUT2D eigenvalue weighted by Crippen LogP contribution is 2.38. The molecule has 0 saturated carbocycles. The maximum Gasteiger partial charge on any atom is 0.192 e. The summed E-state index contributed by atoms with van der Waals surface area (Å²) in [4.78, 5) is 2.15. The fourth-order valence-electron chi connectivity index (χ4n) is 2.87. The molecule has 1 aromatic rings. The van der Waals surface area contributed by atoms with Crippen molar-refractivity contribution >= 4 is 8.32 Å². The topological polar surface area (TPSA) is 56.5 Å². The zero-order valence-corrected chi connectivity index (χ0v) is 16.8. The molecular formula is C19H29FN2O2Si. The minimum atomic E-state index is -1.80. The first-order chi connectivity index (χ1) is 11.5. The Labute approximate surface area is 151 Å². The molecular weight excluding hydrogens is 335 g/mol. The lowest BCUT2D eigenvalue weighted by molar-refractivity contribution is 0.114. The van der Waals surface area contributed by atoms with Crippen LogP contribution in [0.3, 0.4) is 0 Å². The molecule has 6 heteroatoms. The van der Waals surface area contributed by atoms with Crippen LogP contribution in [-0.2, 0) is 4.43 Å². The minimum Gasteiger partial charge on any atom is -0.413 e. The van der Waals surface area contributed by atoms with Crippen molar-refractivity contribution in [1.29, 1.82) is 5.26 Å². The van der Waals surface area contributed by atoms with Crippen molar-refractivity contribution in [2.45, 2.75) is 57.5 Å². The van der Waals surface area contributed by atoms with Crippen LogP contribution in [0.5, 0.6) is 0 Å². The lowest BCUT2D eigenvalue weighted by Gasteiger charge is -2.38. The van der Waals surface area contributed by atoms with Crippen LogP contribution in [0.15, 0.2) is 18.2 Å². The molecule has 1 unspecified atom stereocenters. The van der Waals surface area contributed by atoms with Gasteiger partial charge in [-0.15, -0.1) is 0 Å². The number of β-amino-alcohol motifs (C(OH)–C–C–N with tert-alkyl or cyclic N) is 1. The second-order valence-corrected chi connectivity index (χ2v) is 13.2. The average Bonchev–Trinajstić information content (AvgIpc) is 2.91. The molecule has 1 fully saturated rings. The first kappa shape index (κ1) is 20.1. The fourth-order valence-corrected chi connectivity index (χ4v) is 4.25. The van der Waals surface area contributed by atoms with E-state index in [0.717, 1.165) is 19.5 Å². The molecule has 1 aromatic carbocycles. The molecule has 0 bridgehead atoms. The summed E-state index contributed by atoms with van der Waals surface area (Å²) in [6, 6.07) is 5.95. The number of nitrogens with zero attached hydrogens (tertiary/aromatic N) is 2. The van der Waals surface area contributed by atoms with E-state index < -0.39 is 20.2 Å². The molecule has 4 nitrogen and oxygen atoms in total. The molecule has 1 aliphatic heterocycles. The van der Waals surface area contributed by atoms with Gasteiger partial charge < -0.3 is 9.53 Å². The van der Waals surface area contributed by atoms with E-state index in [-0.39, 0.29) is 16.7 Å². The summed E-state index contributed by atoms with van der Waals surface area (Å²) in [5.41, 5.74) is 0.680. The van der Waals surface area contributed by atoms with Crippen molar-refractivity contribution in [2.75, 3.05) is 19.6 Å². The number of benzene rings is 1. The summed E-state index contributed by atoms with van der Waals surface area (Å²) in [7, 11) is -1.80. The van der Waals surface area contributed by atoms with Crippen molar-refractivity contribution in [3.05, 3.63) is 35.1 Å². The highest BCUT2D eigenvalue weighted by atomic mass is 28.4. The zero-order chi connectivity index (χ0) is 18.8. The minimum absolute atomic E-state index is 0.176. The molecule has 25 heavy (non-hydrogen) atoms. The van der Waals surface area contributed by atoms with Crippen LogP contribution in [-0.4, -0.2) is 44.1 Å². The Hall–Kier alpha value is -1.26. The van der Waals surface area contributed by atoms with Gasteiger partial charge in [-0.3, -0.25) is 4.90 Å². The molecule has 1 saturated heterocycles. The van der Waals surface area contributed by atoms with E-state index in [0.29, 0.717) is 12.1 Å². The van der Waals surface area contributed by atoms with Gasteiger partial charge in [0.1, 0.15) is 5.82 Å². The molecule has 0 radical (unpaired) electrons. The maximum absolute atomic E-state index is 13.6. The Bertz CT molecular complexity index is 652. The number of aliphatic hydroxyl groups excluding tert-OH is 1. The Balaban J connectivity index is 1.95. The molecule has 2 rings (SSSR count). The van der Waals surface area contributed by atoms with Crippen LogP contribution in [0.25, 0.3) is 0 Å². The number of likely N-dealkylation sites (tertiary alicyclic amines) is 1. The van der Waals surface area contributed by atoms with Crippen LogP contribution in [0.2, 0.25) is 18.1 Å². The van der Waals surface area contributed by atoms with E-state index in [1.807, 2.05) is 6.07 Å². The van der Waals surface area contributed by atoms with Crippen LogP contribution in [0, 0.1) is 17.1 Å². The number of hydrogen-bond donors (Lipinski definition) is 1. The highest BCUT2D eigenvalue weighted by Gasteiger charge is 2.40. The lowest BCUT2D eigenvalue weighted by atomic mass is 10.1. The van der Waals surface area contributed by atoms with Crippen LogP contribution < -0.4 is 0 Å². The highest BCUT2D eigenvalue weighted by molar-refractivity contribution is 6.74. The second kappa shape index (κ2) is 7.54. The maximum atomic E-state index is 13.6. The zero-order valence-electron chi connectivity index (χ0n) is 15.8. The second-order valence-electron chi connectivity index (χ2n) is 8.45. The molecule has 138 valence electrons. The van der Waals surface area contributed by atoms with Crippen molar-refractivity contribution in [3.63, 3.8) is 0 Å². The third-order valence-electron chi connectivity index (χ3n) is 5.36. The third-order valence-corrected chi connectivity index (χ3v) is 9.90. The predicted octanol–water partition coefficient (Wildman–Crippen LogP) is 3.83. The van der Waals surface area contributed by atoms with Crippen LogP contribution >= 0.6 is 0 Å². The van der Waals surface area contributed by atoms with Gasteiger partial charge in [0.25, 0.3) is 0 Å². The quantitative estimate of drug-likeness (QED) is 0.807. The van der Waals surface area contributed by atoms with Crippen molar-refractivity contribution in [3.8, 4) is 6.07 Å². The van der Waals surface area contributed by atoms with Crippen LogP contribution in [0.1, 0.15) is 44.4 Å². The standard InChI is InChI=1S/C19H29FN2O2Si/c1-19(2,3)25(4,5)24-17-6-7-22(12-17)13-18(23)15-8-14(11-21)9-16(20)10-15/h8-10,17-18,23H,6-7,12-13H2,1-5H3/t17?,18-/m1/s1. The first-order valence-corrected chi connectivity index (χ1v) is 11.7. The van der Waals surface area contributed by atoms with Crippen molar-refractivity contribution in [1.82, 2.24) is 4.90 Å². The normalized spacial score (nSPS) is 20.5. The number of halogens is 1. The molecule has 1 heterocycles. The van der Waals surface area contributed by atoms with Gasteiger partial charge >= 0.3 is 0 Å². The van der Waals surface area contributed by atoms with E-state index in [2.05, 4.69) is 38.8 Å². The summed E-state index contributed by atoms with van der Waals surface area (Å²) < 4.78 is 20.0. The Morgan fingerprint density at radius 2 is 2.08 bits per heavy atom. The molecule has 2 atom stereocenters. The number of nitriles is 1. The van der Waals surface area contributed by atoms with Gasteiger partial charge in [0.2, 0.25) is 0 Å². The third kappa shape index (κ3) is 5.11. The van der Waals surface area contributed by atoms with Gasteiger partial charge in [-0.05, 0) is 48.3 Å². The number of hydrogen-bond acceptors (Lipinski definition) is 4. The van der Waals surface area contributed by atoms with E-state index in [4.69, 9.17) is 9.69 Å². The Morgan fingerprint density at radius 1 is 1.40 bits per heavy atom. The van der Waals surface area contributed by atoms with E-state index in [9.17, 15) is 9.50 Å². The molecule has 1 aliphatic rings. The average molecular weight is 365 g/mol. The largest absolute Gasteiger partial charge is 0.413 e. The van der Waals surface area contributed by atoms with Crippen molar-refractivity contribution in [2.24, 2.45) is 0 Å².